The van der Waals surface area contributed by atoms with Crippen molar-refractivity contribution >= 4 is 36.3 Å². The van der Waals surface area contributed by atoms with Crippen LogP contribution >= 0.6 is 0 Å². The van der Waals surface area contributed by atoms with Gasteiger partial charge in [0.05, 0.1) is 12.4 Å². The van der Waals surface area contributed by atoms with Crippen LogP contribution in [0.15, 0.2) is 34.5 Å². The standard InChI is InChI=1S/C24H28N6O4/c31-19-23(11-3-1-4-12-23)27-21(33)29(19)25-15-17-7-9-18(10-8-17)16-26-30-20(32)24(28-22(30)34)13-5-2-6-14-24/h7-10,15-16H,1-6,11-14H2,(H,27,33)(H,28,34). The molecule has 2 heterocycles. The molecule has 1 aromatic rings. The van der Waals surface area contributed by atoms with Crippen molar-refractivity contribution in [2.75, 3.05) is 0 Å². The molecule has 5 rings (SSSR count). The van der Waals surface area contributed by atoms with Crippen LogP contribution in [0, 0.1) is 0 Å². The lowest BCUT2D eigenvalue weighted by Gasteiger charge is -2.29. The number of carbonyl (C=O) groups is 4. The van der Waals surface area contributed by atoms with Gasteiger partial charge >= 0.3 is 12.1 Å². The van der Waals surface area contributed by atoms with E-state index in [-0.39, 0.29) is 11.8 Å². The highest BCUT2D eigenvalue weighted by molar-refractivity contribution is 6.08. The molecule has 2 aliphatic heterocycles. The third kappa shape index (κ3) is 3.86. The van der Waals surface area contributed by atoms with Gasteiger partial charge in [0.2, 0.25) is 0 Å². The first-order valence-corrected chi connectivity index (χ1v) is 11.9. The first kappa shape index (κ1) is 22.2. The fourth-order valence-corrected chi connectivity index (χ4v) is 5.33. The van der Waals surface area contributed by atoms with Crippen molar-refractivity contribution in [2.24, 2.45) is 10.2 Å². The zero-order valence-electron chi connectivity index (χ0n) is 19.0. The van der Waals surface area contributed by atoms with Crippen molar-refractivity contribution in [1.82, 2.24) is 20.7 Å². The molecular weight excluding hydrogens is 436 g/mol. The Hall–Kier alpha value is -3.56. The van der Waals surface area contributed by atoms with Crippen molar-refractivity contribution in [2.45, 2.75) is 75.3 Å². The van der Waals surface area contributed by atoms with Crippen molar-refractivity contribution in [3.05, 3.63) is 35.4 Å². The summed E-state index contributed by atoms with van der Waals surface area (Å²) in [5.74, 6) is -0.581. The van der Waals surface area contributed by atoms with Crippen LogP contribution in [-0.2, 0) is 9.59 Å². The number of amides is 6. The van der Waals surface area contributed by atoms with E-state index in [1.807, 2.05) is 0 Å². The highest BCUT2D eigenvalue weighted by Gasteiger charge is 2.52. The molecule has 6 amide bonds. The monoisotopic (exact) mass is 464 g/mol. The molecule has 10 heteroatoms. The molecule has 0 radical (unpaired) electrons. The Morgan fingerprint density at radius 2 is 0.971 bits per heavy atom. The average Bonchev–Trinajstić information content (AvgIpc) is 3.21. The van der Waals surface area contributed by atoms with Gasteiger partial charge in [-0.15, -0.1) is 10.0 Å². The lowest BCUT2D eigenvalue weighted by Crippen LogP contribution is -2.48. The van der Waals surface area contributed by atoms with Crippen LogP contribution in [0.4, 0.5) is 9.59 Å². The van der Waals surface area contributed by atoms with Crippen molar-refractivity contribution in [3.63, 3.8) is 0 Å². The van der Waals surface area contributed by atoms with Gasteiger partial charge in [-0.2, -0.15) is 10.2 Å². The van der Waals surface area contributed by atoms with E-state index in [4.69, 9.17) is 0 Å². The Morgan fingerprint density at radius 1 is 0.618 bits per heavy atom. The van der Waals surface area contributed by atoms with Crippen LogP contribution in [0.2, 0.25) is 0 Å². The molecule has 178 valence electrons. The van der Waals surface area contributed by atoms with Crippen molar-refractivity contribution < 1.29 is 19.2 Å². The minimum Gasteiger partial charge on any atom is -0.321 e. The molecule has 2 saturated carbocycles. The molecule has 2 N–H and O–H groups in total. The van der Waals surface area contributed by atoms with Gasteiger partial charge in [-0.1, -0.05) is 62.8 Å². The molecule has 0 aromatic heterocycles. The Morgan fingerprint density at radius 3 is 1.32 bits per heavy atom. The maximum Gasteiger partial charge on any atom is 0.346 e. The summed E-state index contributed by atoms with van der Waals surface area (Å²) in [7, 11) is 0. The molecular formula is C24H28N6O4. The number of imide groups is 2. The first-order valence-electron chi connectivity index (χ1n) is 11.9. The van der Waals surface area contributed by atoms with Gasteiger partial charge in [0.1, 0.15) is 11.1 Å². The molecule has 2 saturated heterocycles. The fraction of sp³-hybridized carbons (Fsp3) is 0.500. The van der Waals surface area contributed by atoms with Crippen LogP contribution in [0.1, 0.15) is 75.3 Å². The van der Waals surface area contributed by atoms with Gasteiger partial charge in [0, 0.05) is 0 Å². The quantitative estimate of drug-likeness (QED) is 0.525. The summed E-state index contributed by atoms with van der Waals surface area (Å²) in [4.78, 5) is 50.2. The van der Waals surface area contributed by atoms with Gasteiger partial charge in [0.25, 0.3) is 11.8 Å². The minimum absolute atomic E-state index is 0.290. The molecule has 4 fully saturated rings. The lowest BCUT2D eigenvalue weighted by atomic mass is 9.82. The van der Waals surface area contributed by atoms with E-state index in [0.29, 0.717) is 36.8 Å². The van der Waals surface area contributed by atoms with Gasteiger partial charge < -0.3 is 10.6 Å². The smallest absolute Gasteiger partial charge is 0.321 e. The van der Waals surface area contributed by atoms with Crippen molar-refractivity contribution in [1.29, 1.82) is 0 Å². The normalized spacial score (nSPS) is 24.1. The van der Waals surface area contributed by atoms with E-state index in [1.54, 1.807) is 24.3 Å². The van der Waals surface area contributed by atoms with Crippen LogP contribution in [0.25, 0.3) is 0 Å². The molecule has 0 bridgehead atoms. The SMILES string of the molecule is O=C1NC2(CCCCC2)C(=O)N1N=Cc1ccc(C=NN2C(=O)NC3(CCCCC3)C2=O)cc1. The molecule has 0 atom stereocenters. The maximum absolute atomic E-state index is 12.8. The highest BCUT2D eigenvalue weighted by Crippen LogP contribution is 2.34. The van der Waals surface area contributed by atoms with E-state index >= 15 is 0 Å². The number of urea groups is 2. The number of rotatable bonds is 4. The predicted molar refractivity (Wildman–Crippen MR) is 124 cm³/mol. The zero-order chi connectivity index (χ0) is 23.8. The Balaban J connectivity index is 1.23. The molecule has 10 nitrogen and oxygen atoms in total. The Kier molecular flexibility index (Phi) is 5.66. The van der Waals surface area contributed by atoms with Gasteiger partial charge in [-0.05, 0) is 36.8 Å². The lowest BCUT2D eigenvalue weighted by molar-refractivity contribution is -0.133. The van der Waals surface area contributed by atoms with Crippen molar-refractivity contribution in [3.8, 4) is 0 Å². The third-order valence-electron chi connectivity index (χ3n) is 7.28. The third-order valence-corrected chi connectivity index (χ3v) is 7.28. The number of nitrogens with one attached hydrogen (secondary N) is 2. The van der Waals surface area contributed by atoms with Gasteiger partial charge in [0.15, 0.2) is 0 Å². The van der Waals surface area contributed by atoms with Crippen LogP contribution in [0.3, 0.4) is 0 Å². The molecule has 0 unspecified atom stereocenters. The van der Waals surface area contributed by atoms with Crippen LogP contribution < -0.4 is 10.6 Å². The van der Waals surface area contributed by atoms with E-state index in [0.717, 1.165) is 48.5 Å². The zero-order valence-corrected chi connectivity index (χ0v) is 19.0. The second-order valence-electron chi connectivity index (χ2n) is 9.54. The topological polar surface area (TPSA) is 124 Å². The van der Waals surface area contributed by atoms with Gasteiger partial charge in [-0.3, -0.25) is 9.59 Å². The number of hydrogen-bond acceptors (Lipinski definition) is 6. The fourth-order valence-electron chi connectivity index (χ4n) is 5.33. The summed E-state index contributed by atoms with van der Waals surface area (Å²) >= 11 is 0. The number of hydrogen-bond donors (Lipinski definition) is 2. The molecule has 1 aromatic carbocycles. The number of hydrazone groups is 2. The molecule has 34 heavy (non-hydrogen) atoms. The number of nitrogens with zero attached hydrogens (tertiary/aromatic N) is 4. The summed E-state index contributed by atoms with van der Waals surface area (Å²) in [6, 6.07) is 6.05. The second-order valence-corrected chi connectivity index (χ2v) is 9.54. The summed E-state index contributed by atoms with van der Waals surface area (Å²) in [6.07, 6.45) is 11.3. The molecule has 4 aliphatic rings. The summed E-state index contributed by atoms with van der Waals surface area (Å²) in [5.41, 5.74) is -0.220. The number of carbonyl (C=O) groups excluding carboxylic acids is 4. The van der Waals surface area contributed by atoms with E-state index in [2.05, 4.69) is 20.8 Å². The summed E-state index contributed by atoms with van der Waals surface area (Å²) in [5, 5.41) is 15.7. The van der Waals surface area contributed by atoms with Crippen LogP contribution in [0.5, 0.6) is 0 Å². The summed E-state index contributed by atoms with van der Waals surface area (Å²) < 4.78 is 0. The highest BCUT2D eigenvalue weighted by atomic mass is 16.2. The largest absolute Gasteiger partial charge is 0.346 e. The molecule has 2 spiro atoms. The van der Waals surface area contributed by atoms with E-state index < -0.39 is 23.1 Å². The van der Waals surface area contributed by atoms with Crippen LogP contribution in [-0.4, -0.2) is 57.4 Å². The average molecular weight is 465 g/mol. The van der Waals surface area contributed by atoms with E-state index in [9.17, 15) is 19.2 Å². The first-order chi connectivity index (χ1) is 16.4. The Bertz CT molecular complexity index is 982. The maximum atomic E-state index is 12.8. The number of benzene rings is 1. The van der Waals surface area contributed by atoms with E-state index in [1.165, 1.54) is 12.4 Å². The molecule has 2 aliphatic carbocycles. The predicted octanol–water partition coefficient (Wildman–Crippen LogP) is 2.86. The minimum atomic E-state index is -0.803. The summed E-state index contributed by atoms with van der Waals surface area (Å²) in [6.45, 7) is 0. The second kappa shape index (κ2) is 8.66. The Labute approximate surface area is 197 Å². The van der Waals surface area contributed by atoms with Gasteiger partial charge in [-0.25, -0.2) is 9.59 Å².